The van der Waals surface area contributed by atoms with E-state index in [-0.39, 0.29) is 13.0 Å². The van der Waals surface area contributed by atoms with Crippen LogP contribution in [0.4, 0.5) is 14.6 Å². The first-order valence-corrected chi connectivity index (χ1v) is 12.0. The van der Waals surface area contributed by atoms with E-state index in [9.17, 15) is 23.6 Å². The number of nitrogens with one attached hydrogen (secondary N) is 1. The van der Waals surface area contributed by atoms with E-state index >= 15 is 4.39 Å². The Morgan fingerprint density at radius 3 is 2.28 bits per heavy atom. The zero-order valence-corrected chi connectivity index (χ0v) is 21.7. The minimum absolute atomic E-state index is 0.118. The van der Waals surface area contributed by atoms with Crippen LogP contribution in [0.5, 0.6) is 0 Å². The van der Waals surface area contributed by atoms with Crippen LogP contribution in [-0.2, 0) is 35.1 Å². The summed E-state index contributed by atoms with van der Waals surface area (Å²) in [5.74, 6) is -4.74. The number of alkyl halides is 1. The van der Waals surface area contributed by atoms with Gasteiger partial charge in [0, 0.05) is 12.1 Å². The Balaban J connectivity index is 2.34. The Morgan fingerprint density at radius 2 is 1.75 bits per heavy atom. The summed E-state index contributed by atoms with van der Waals surface area (Å²) in [5.41, 5.74) is -2.46. The Bertz CT molecular complexity index is 1030. The van der Waals surface area contributed by atoms with Crippen molar-refractivity contribution in [1.82, 2.24) is 9.55 Å². The molecule has 1 fully saturated rings. The van der Waals surface area contributed by atoms with E-state index in [0.29, 0.717) is 0 Å². The van der Waals surface area contributed by atoms with E-state index in [1.165, 1.54) is 0 Å². The normalized spacial score (nSPS) is 23.8. The predicted octanol–water partition coefficient (Wildman–Crippen LogP) is 2.63. The van der Waals surface area contributed by atoms with Crippen molar-refractivity contribution in [1.29, 1.82) is 0 Å². The molecule has 1 aromatic heterocycles. The summed E-state index contributed by atoms with van der Waals surface area (Å²) in [6.45, 7) is 10.4. The standard InChI is InChI=1S/C24H35F2N3O7/c1-8-24(11-34-21(31)13(4)5)18(35-22(32)14(6)7)17(26)16(36-24)10-29-9-15(25)19(28-23(29)33)27-20(30)12(2)3/h9,12-14,16-18H,8,10-11H2,1-7H3,(H,27,28,30,33)/t16-,17+,18-,24+/m0/s1. The Hall–Kier alpha value is -2.89. The van der Waals surface area contributed by atoms with Gasteiger partial charge in [0.25, 0.3) is 0 Å². The van der Waals surface area contributed by atoms with Crippen molar-refractivity contribution in [3.8, 4) is 0 Å². The van der Waals surface area contributed by atoms with Crippen LogP contribution in [-0.4, -0.2) is 58.0 Å². The molecule has 0 saturated carbocycles. The van der Waals surface area contributed by atoms with E-state index in [1.54, 1.807) is 48.5 Å². The highest BCUT2D eigenvalue weighted by molar-refractivity contribution is 5.91. The summed E-state index contributed by atoms with van der Waals surface area (Å²) in [5, 5.41) is 2.23. The first-order valence-electron chi connectivity index (χ1n) is 12.0. The van der Waals surface area contributed by atoms with E-state index in [4.69, 9.17) is 14.2 Å². The fourth-order valence-corrected chi connectivity index (χ4v) is 3.49. The Morgan fingerprint density at radius 1 is 1.14 bits per heavy atom. The third-order valence-electron chi connectivity index (χ3n) is 5.88. The average molecular weight is 516 g/mol. The number of anilines is 1. The van der Waals surface area contributed by atoms with Gasteiger partial charge in [0.15, 0.2) is 23.9 Å². The van der Waals surface area contributed by atoms with Crippen molar-refractivity contribution in [3.63, 3.8) is 0 Å². The lowest BCUT2D eigenvalue weighted by Gasteiger charge is -2.33. The molecule has 1 saturated heterocycles. The monoisotopic (exact) mass is 515 g/mol. The minimum Gasteiger partial charge on any atom is -0.462 e. The van der Waals surface area contributed by atoms with E-state index in [2.05, 4.69) is 10.3 Å². The third kappa shape index (κ3) is 6.65. The second kappa shape index (κ2) is 11.9. The number of carbonyl (C=O) groups excluding carboxylic acids is 3. The van der Waals surface area contributed by atoms with Crippen molar-refractivity contribution in [3.05, 3.63) is 22.5 Å². The second-order valence-corrected chi connectivity index (χ2v) is 9.81. The summed E-state index contributed by atoms with van der Waals surface area (Å²) < 4.78 is 47.7. The molecule has 0 radical (unpaired) electrons. The van der Waals surface area contributed by atoms with E-state index in [1.807, 2.05) is 0 Å². The molecule has 0 aromatic carbocycles. The molecule has 4 atom stereocenters. The van der Waals surface area contributed by atoms with Crippen molar-refractivity contribution in [2.75, 3.05) is 11.9 Å². The summed E-state index contributed by atoms with van der Waals surface area (Å²) in [6, 6.07) is 0. The molecule has 36 heavy (non-hydrogen) atoms. The SMILES string of the molecule is CC[C@]1(COC(=O)C(C)C)O[C@@H](Cn2cc(F)c(NC(=O)C(C)C)nc2=O)[C@@H](F)[C@@H]1OC(=O)C(C)C. The van der Waals surface area contributed by atoms with Crippen LogP contribution in [0, 0.1) is 23.6 Å². The Labute approximate surface area is 208 Å². The number of amides is 1. The van der Waals surface area contributed by atoms with E-state index < -0.39 is 83.4 Å². The number of rotatable bonds is 10. The lowest BCUT2D eigenvalue weighted by atomic mass is 9.92. The van der Waals surface area contributed by atoms with Gasteiger partial charge in [-0.25, -0.2) is 13.6 Å². The van der Waals surface area contributed by atoms with Crippen molar-refractivity contribution in [2.24, 2.45) is 17.8 Å². The van der Waals surface area contributed by atoms with Gasteiger partial charge in [-0.05, 0) is 6.42 Å². The molecule has 1 aromatic rings. The number of carbonyl (C=O) groups is 3. The second-order valence-electron chi connectivity index (χ2n) is 9.81. The smallest absolute Gasteiger partial charge is 0.349 e. The van der Waals surface area contributed by atoms with E-state index in [0.717, 1.165) is 10.8 Å². The number of aromatic nitrogens is 2. The summed E-state index contributed by atoms with van der Waals surface area (Å²) in [4.78, 5) is 52.3. The molecule has 0 aliphatic carbocycles. The molecular weight excluding hydrogens is 480 g/mol. The maximum absolute atomic E-state index is 15.7. The van der Waals surface area contributed by atoms with Gasteiger partial charge in [-0.2, -0.15) is 4.98 Å². The van der Waals surface area contributed by atoms with Crippen LogP contribution in [0.3, 0.4) is 0 Å². The lowest BCUT2D eigenvalue weighted by Crippen LogP contribution is -2.49. The summed E-state index contributed by atoms with van der Waals surface area (Å²) in [7, 11) is 0. The van der Waals surface area contributed by atoms with Gasteiger partial charge in [0.2, 0.25) is 5.91 Å². The first-order chi connectivity index (χ1) is 16.7. The summed E-state index contributed by atoms with van der Waals surface area (Å²) in [6.07, 6.45) is -3.78. The van der Waals surface area contributed by atoms with Gasteiger partial charge < -0.3 is 19.5 Å². The van der Waals surface area contributed by atoms with Gasteiger partial charge in [0.1, 0.15) is 18.3 Å². The number of hydrogen-bond donors (Lipinski definition) is 1. The molecule has 10 nitrogen and oxygen atoms in total. The highest BCUT2D eigenvalue weighted by Crippen LogP contribution is 2.39. The maximum Gasteiger partial charge on any atom is 0.349 e. The molecule has 1 aliphatic heterocycles. The minimum atomic E-state index is -1.92. The van der Waals surface area contributed by atoms with Gasteiger partial charge >= 0.3 is 17.6 Å². The molecule has 202 valence electrons. The fourth-order valence-electron chi connectivity index (χ4n) is 3.49. The summed E-state index contributed by atoms with van der Waals surface area (Å²) >= 11 is 0. The van der Waals surface area contributed by atoms with Gasteiger partial charge in [-0.3, -0.25) is 19.0 Å². The molecule has 2 heterocycles. The van der Waals surface area contributed by atoms with Gasteiger partial charge in [0.05, 0.1) is 18.4 Å². The van der Waals surface area contributed by atoms with Crippen molar-refractivity contribution < 1.29 is 37.4 Å². The zero-order chi connectivity index (χ0) is 27.4. The van der Waals surface area contributed by atoms with Crippen LogP contribution in [0.15, 0.2) is 11.0 Å². The van der Waals surface area contributed by atoms with Crippen LogP contribution in [0.2, 0.25) is 0 Å². The predicted molar refractivity (Wildman–Crippen MR) is 125 cm³/mol. The van der Waals surface area contributed by atoms with Crippen LogP contribution >= 0.6 is 0 Å². The molecule has 1 aliphatic rings. The molecule has 0 spiro atoms. The molecule has 1 N–H and O–H groups in total. The molecule has 2 rings (SSSR count). The largest absolute Gasteiger partial charge is 0.462 e. The quantitative estimate of drug-likeness (QED) is 0.472. The maximum atomic E-state index is 15.7. The molecule has 0 unspecified atom stereocenters. The van der Waals surface area contributed by atoms with Crippen LogP contribution in [0.25, 0.3) is 0 Å². The number of nitrogens with zero attached hydrogens (tertiary/aromatic N) is 2. The molecule has 0 bridgehead atoms. The molecule has 1 amide bonds. The number of halogens is 2. The highest BCUT2D eigenvalue weighted by Gasteiger charge is 2.58. The average Bonchev–Trinajstić information content (AvgIpc) is 3.06. The van der Waals surface area contributed by atoms with Gasteiger partial charge in [-0.1, -0.05) is 48.5 Å². The highest BCUT2D eigenvalue weighted by atomic mass is 19.1. The van der Waals surface area contributed by atoms with Crippen LogP contribution < -0.4 is 11.0 Å². The topological polar surface area (TPSA) is 126 Å². The number of esters is 2. The zero-order valence-electron chi connectivity index (χ0n) is 21.7. The first kappa shape index (κ1) is 29.3. The van der Waals surface area contributed by atoms with Crippen LogP contribution in [0.1, 0.15) is 54.9 Å². The lowest BCUT2D eigenvalue weighted by molar-refractivity contribution is -0.180. The van der Waals surface area contributed by atoms with Crippen molar-refractivity contribution in [2.45, 2.75) is 85.4 Å². The molecule has 12 heteroatoms. The van der Waals surface area contributed by atoms with Gasteiger partial charge in [-0.15, -0.1) is 0 Å². The Kier molecular flexibility index (Phi) is 9.70. The third-order valence-corrected chi connectivity index (χ3v) is 5.88. The number of ether oxygens (including phenoxy) is 3. The molecular formula is C24H35F2N3O7. The van der Waals surface area contributed by atoms with Crippen molar-refractivity contribution >= 4 is 23.7 Å². The fraction of sp³-hybridized carbons (Fsp3) is 0.708. The number of hydrogen-bond acceptors (Lipinski definition) is 8.